The van der Waals surface area contributed by atoms with Gasteiger partial charge >= 0.3 is 0 Å². The minimum absolute atomic E-state index is 0.0412. The number of halogens is 3. The van der Waals surface area contributed by atoms with E-state index in [-0.39, 0.29) is 62.1 Å². The Balaban J connectivity index is 1.33. The second-order valence-electron chi connectivity index (χ2n) is 7.46. The fraction of sp³-hybridized carbons (Fsp3) is 0.273. The van der Waals surface area contributed by atoms with Gasteiger partial charge in [-0.2, -0.15) is 4.31 Å². The number of aryl methyl sites for hydroxylation is 1. The number of amides is 1. The summed E-state index contributed by atoms with van der Waals surface area (Å²) >= 11 is 0. The molecule has 0 atom stereocenters. The summed E-state index contributed by atoms with van der Waals surface area (Å²) in [6, 6.07) is 8.37. The second-order valence-corrected chi connectivity index (χ2v) is 9.36. The minimum atomic E-state index is -4.22. The van der Waals surface area contributed by atoms with Crippen molar-refractivity contribution in [1.29, 1.82) is 0 Å². The molecule has 4 rings (SSSR count). The zero-order valence-corrected chi connectivity index (χ0v) is 18.2. The van der Waals surface area contributed by atoms with Crippen LogP contribution < -0.4 is 0 Å². The molecule has 0 bridgehead atoms. The van der Waals surface area contributed by atoms with Gasteiger partial charge < -0.3 is 9.32 Å². The SMILES string of the molecule is O=C(CCc1ncc(-c2ccccc2F)o1)N1CCN(S(=O)(=O)c2cc(F)ccc2F)CC1. The molecule has 7 nitrogen and oxygen atoms in total. The van der Waals surface area contributed by atoms with Gasteiger partial charge in [-0.1, -0.05) is 12.1 Å². The number of carbonyl (C=O) groups is 1. The van der Waals surface area contributed by atoms with Crippen molar-refractivity contribution >= 4 is 15.9 Å². The van der Waals surface area contributed by atoms with E-state index in [1.54, 1.807) is 18.2 Å². The van der Waals surface area contributed by atoms with Crippen LogP contribution in [0.15, 0.2) is 58.0 Å². The topological polar surface area (TPSA) is 83.7 Å². The Labute approximate surface area is 188 Å². The normalized spacial score (nSPS) is 15.1. The van der Waals surface area contributed by atoms with E-state index in [0.29, 0.717) is 6.07 Å². The maximum Gasteiger partial charge on any atom is 0.246 e. The molecule has 1 aromatic heterocycles. The molecule has 1 aliphatic rings. The van der Waals surface area contributed by atoms with Crippen molar-refractivity contribution in [1.82, 2.24) is 14.2 Å². The summed E-state index contributed by atoms with van der Waals surface area (Å²) in [5.41, 5.74) is 0.273. The number of oxazole rings is 1. The number of piperazine rings is 1. The van der Waals surface area contributed by atoms with Gasteiger partial charge in [-0.25, -0.2) is 26.6 Å². The lowest BCUT2D eigenvalue weighted by atomic mass is 10.2. The number of rotatable bonds is 6. The molecule has 1 fully saturated rings. The molecule has 174 valence electrons. The number of hydrogen-bond donors (Lipinski definition) is 0. The van der Waals surface area contributed by atoms with Crippen LogP contribution in [0.5, 0.6) is 0 Å². The van der Waals surface area contributed by atoms with E-state index in [9.17, 15) is 26.4 Å². The lowest BCUT2D eigenvalue weighted by molar-refractivity contribution is -0.132. The Hall–Kier alpha value is -3.18. The molecule has 1 aliphatic heterocycles. The second kappa shape index (κ2) is 9.36. The van der Waals surface area contributed by atoms with E-state index >= 15 is 0 Å². The molecule has 11 heteroatoms. The molecule has 1 amide bonds. The van der Waals surface area contributed by atoms with E-state index in [4.69, 9.17) is 4.42 Å². The molecule has 0 N–H and O–H groups in total. The van der Waals surface area contributed by atoms with Gasteiger partial charge in [0.05, 0.1) is 11.8 Å². The third-order valence-electron chi connectivity index (χ3n) is 5.35. The molecule has 2 heterocycles. The highest BCUT2D eigenvalue weighted by molar-refractivity contribution is 7.89. The van der Waals surface area contributed by atoms with E-state index in [0.717, 1.165) is 16.4 Å². The van der Waals surface area contributed by atoms with Crippen LogP contribution in [0.3, 0.4) is 0 Å². The van der Waals surface area contributed by atoms with Crippen molar-refractivity contribution in [2.75, 3.05) is 26.2 Å². The van der Waals surface area contributed by atoms with Crippen LogP contribution in [0.4, 0.5) is 13.2 Å². The van der Waals surface area contributed by atoms with Crippen molar-refractivity contribution < 1.29 is 30.8 Å². The summed E-state index contributed by atoms with van der Waals surface area (Å²) in [7, 11) is -4.22. The largest absolute Gasteiger partial charge is 0.441 e. The average Bonchev–Trinajstić information content (AvgIpc) is 3.28. The van der Waals surface area contributed by atoms with Crippen LogP contribution >= 0.6 is 0 Å². The van der Waals surface area contributed by atoms with Crippen LogP contribution in [-0.2, 0) is 21.2 Å². The number of aromatic nitrogens is 1. The van der Waals surface area contributed by atoms with Crippen LogP contribution in [0.1, 0.15) is 12.3 Å². The Morgan fingerprint density at radius 2 is 1.73 bits per heavy atom. The van der Waals surface area contributed by atoms with E-state index in [1.807, 2.05) is 0 Å². The zero-order valence-electron chi connectivity index (χ0n) is 17.4. The smallest absolute Gasteiger partial charge is 0.246 e. The molecular formula is C22H20F3N3O4S. The lowest BCUT2D eigenvalue weighted by Gasteiger charge is -2.34. The highest BCUT2D eigenvalue weighted by Crippen LogP contribution is 2.24. The van der Waals surface area contributed by atoms with E-state index in [1.165, 1.54) is 17.2 Å². The molecule has 3 aromatic rings. The number of sulfonamides is 1. The lowest BCUT2D eigenvalue weighted by Crippen LogP contribution is -2.50. The zero-order chi connectivity index (χ0) is 23.6. The third kappa shape index (κ3) is 4.93. The van der Waals surface area contributed by atoms with Gasteiger partial charge in [0.15, 0.2) is 11.7 Å². The maximum absolute atomic E-state index is 13.9. The molecule has 2 aromatic carbocycles. The standard InChI is InChI=1S/C22H20F3N3O4S/c23-15-5-6-18(25)20(13-15)33(30,31)28-11-9-27(10-12-28)22(29)8-7-21-26-14-19(32-21)16-3-1-2-4-17(16)24/h1-6,13-14H,7-12H2. The first-order chi connectivity index (χ1) is 15.8. The Bertz CT molecular complexity index is 1270. The number of hydrogen-bond acceptors (Lipinski definition) is 5. The van der Waals surface area contributed by atoms with Gasteiger partial charge in [-0.3, -0.25) is 4.79 Å². The first kappa shape index (κ1) is 23.0. The highest BCUT2D eigenvalue weighted by atomic mass is 32.2. The van der Waals surface area contributed by atoms with Crippen molar-refractivity contribution in [2.45, 2.75) is 17.7 Å². The van der Waals surface area contributed by atoms with E-state index in [2.05, 4.69) is 4.98 Å². The van der Waals surface area contributed by atoms with Gasteiger partial charge in [-0.15, -0.1) is 0 Å². The highest BCUT2D eigenvalue weighted by Gasteiger charge is 2.32. The fourth-order valence-corrected chi connectivity index (χ4v) is 5.07. The predicted molar refractivity (Wildman–Crippen MR) is 112 cm³/mol. The van der Waals surface area contributed by atoms with Gasteiger partial charge in [0.1, 0.15) is 22.3 Å². The van der Waals surface area contributed by atoms with Crippen molar-refractivity contribution in [3.8, 4) is 11.3 Å². The average molecular weight is 479 g/mol. The summed E-state index contributed by atoms with van der Waals surface area (Å²) in [5, 5.41) is 0. The molecule has 1 saturated heterocycles. The van der Waals surface area contributed by atoms with Crippen LogP contribution in [0, 0.1) is 17.5 Å². The first-order valence-corrected chi connectivity index (χ1v) is 11.6. The third-order valence-corrected chi connectivity index (χ3v) is 7.26. The fourth-order valence-electron chi connectivity index (χ4n) is 3.58. The summed E-state index contributed by atoms with van der Waals surface area (Å²) in [6.07, 6.45) is 1.66. The van der Waals surface area contributed by atoms with Crippen LogP contribution in [0.2, 0.25) is 0 Å². The molecule has 0 saturated carbocycles. The van der Waals surface area contributed by atoms with Gasteiger partial charge in [0.2, 0.25) is 15.9 Å². The number of benzene rings is 2. The van der Waals surface area contributed by atoms with Crippen LogP contribution in [0.25, 0.3) is 11.3 Å². The summed E-state index contributed by atoms with van der Waals surface area (Å²) in [5.74, 6) is -2.01. The van der Waals surface area contributed by atoms with Gasteiger partial charge in [-0.05, 0) is 30.3 Å². The van der Waals surface area contributed by atoms with Crippen molar-refractivity contribution in [2.24, 2.45) is 0 Å². The molecule has 33 heavy (non-hydrogen) atoms. The molecular weight excluding hydrogens is 459 g/mol. The first-order valence-electron chi connectivity index (χ1n) is 10.2. The molecule has 0 unspecified atom stereocenters. The number of carbonyl (C=O) groups excluding carboxylic acids is 1. The monoisotopic (exact) mass is 479 g/mol. The predicted octanol–water partition coefficient (Wildman–Crippen LogP) is 3.22. The minimum Gasteiger partial charge on any atom is -0.441 e. The van der Waals surface area contributed by atoms with E-state index < -0.39 is 32.4 Å². The van der Waals surface area contributed by atoms with Crippen LogP contribution in [-0.4, -0.2) is 54.7 Å². The Morgan fingerprint density at radius 3 is 2.45 bits per heavy atom. The van der Waals surface area contributed by atoms with Gasteiger partial charge in [0.25, 0.3) is 0 Å². The molecule has 0 radical (unpaired) electrons. The molecule has 0 spiro atoms. The maximum atomic E-state index is 13.9. The summed E-state index contributed by atoms with van der Waals surface area (Å²) < 4.78 is 73.1. The summed E-state index contributed by atoms with van der Waals surface area (Å²) in [6.45, 7) is 0.142. The van der Waals surface area contributed by atoms with Crippen molar-refractivity contribution in [3.63, 3.8) is 0 Å². The Kier molecular flexibility index (Phi) is 6.52. The van der Waals surface area contributed by atoms with Crippen molar-refractivity contribution in [3.05, 3.63) is 72.0 Å². The van der Waals surface area contributed by atoms with Gasteiger partial charge in [0, 0.05) is 39.0 Å². The molecule has 0 aliphatic carbocycles. The number of nitrogens with zero attached hydrogens (tertiary/aromatic N) is 3. The Morgan fingerprint density at radius 1 is 1.00 bits per heavy atom. The summed E-state index contributed by atoms with van der Waals surface area (Å²) in [4.78, 5) is 17.4. The quantitative estimate of drug-likeness (QED) is 0.542.